The lowest BCUT2D eigenvalue weighted by Gasteiger charge is -2.14. The highest BCUT2D eigenvalue weighted by molar-refractivity contribution is 6.11. The van der Waals surface area contributed by atoms with Crippen LogP contribution in [0.4, 0.5) is 0 Å². The van der Waals surface area contributed by atoms with Crippen molar-refractivity contribution in [3.05, 3.63) is 83.6 Å². The Morgan fingerprint density at radius 1 is 1.14 bits per heavy atom. The molecule has 0 saturated carbocycles. The highest BCUT2D eigenvalue weighted by Crippen LogP contribution is 2.37. The van der Waals surface area contributed by atoms with Crippen LogP contribution in [-0.4, -0.2) is 23.7 Å². The Labute approximate surface area is 210 Å². The van der Waals surface area contributed by atoms with Gasteiger partial charge in [-0.25, -0.2) is 4.98 Å². The number of furan rings is 1. The summed E-state index contributed by atoms with van der Waals surface area (Å²) in [7, 11) is 1.57. The first kappa shape index (κ1) is 24.6. The Balaban J connectivity index is 1.89. The fourth-order valence-corrected chi connectivity index (χ4v) is 4.09. The van der Waals surface area contributed by atoms with Crippen molar-refractivity contribution in [2.45, 2.75) is 27.2 Å². The first-order chi connectivity index (χ1) is 17.2. The van der Waals surface area contributed by atoms with Crippen molar-refractivity contribution in [1.82, 2.24) is 10.3 Å². The number of nitrogens with zero attached hydrogens (tertiary/aromatic N) is 2. The highest BCUT2D eigenvalue weighted by Gasteiger charge is 2.25. The number of aryl methyl sites for hydroxylation is 1. The molecular formula is C30H27N3O3. The number of rotatable bonds is 7. The lowest BCUT2D eigenvalue weighted by Crippen LogP contribution is -2.18. The number of carbonyl (C=O) groups is 2. The minimum absolute atomic E-state index is 0.112. The number of aromatic nitrogens is 1. The maximum absolute atomic E-state index is 13.0. The summed E-state index contributed by atoms with van der Waals surface area (Å²) in [5.41, 5.74) is 4.36. The number of nitrogens with one attached hydrogen (secondary N) is 1. The van der Waals surface area contributed by atoms with Gasteiger partial charge in [0.15, 0.2) is 5.78 Å². The third-order valence-corrected chi connectivity index (χ3v) is 6.07. The van der Waals surface area contributed by atoms with Gasteiger partial charge in [0.05, 0.1) is 28.1 Å². The van der Waals surface area contributed by atoms with Crippen molar-refractivity contribution >= 4 is 28.9 Å². The molecule has 180 valence electrons. The summed E-state index contributed by atoms with van der Waals surface area (Å²) in [6.07, 6.45) is 1.73. The second-order valence-electron chi connectivity index (χ2n) is 9.41. The van der Waals surface area contributed by atoms with Crippen molar-refractivity contribution in [2.75, 3.05) is 7.05 Å². The average Bonchev–Trinajstić information content (AvgIpc) is 3.26. The molecule has 6 nitrogen and oxygen atoms in total. The number of nitriles is 1. The fourth-order valence-electron chi connectivity index (χ4n) is 4.09. The zero-order valence-electron chi connectivity index (χ0n) is 20.8. The van der Waals surface area contributed by atoms with Crippen LogP contribution in [-0.2, 0) is 0 Å². The molecule has 36 heavy (non-hydrogen) atoms. The third kappa shape index (κ3) is 4.69. The monoisotopic (exact) mass is 477 g/mol. The largest absolute Gasteiger partial charge is 0.437 e. The predicted octanol–water partition coefficient (Wildman–Crippen LogP) is 6.60. The van der Waals surface area contributed by atoms with Crippen molar-refractivity contribution < 1.29 is 14.0 Å². The molecule has 0 saturated heterocycles. The van der Waals surface area contributed by atoms with E-state index in [1.807, 2.05) is 43.3 Å². The second kappa shape index (κ2) is 9.63. The number of pyridine rings is 1. The van der Waals surface area contributed by atoms with Crippen molar-refractivity contribution in [1.29, 1.82) is 5.26 Å². The smallest absolute Gasteiger partial charge is 0.255 e. The topological polar surface area (TPSA) is 96.0 Å². The van der Waals surface area contributed by atoms with Crippen molar-refractivity contribution in [2.24, 2.45) is 5.41 Å². The van der Waals surface area contributed by atoms with E-state index in [1.54, 1.807) is 45.2 Å². The summed E-state index contributed by atoms with van der Waals surface area (Å²) in [6.45, 7) is 9.38. The molecule has 4 rings (SSSR count). The van der Waals surface area contributed by atoms with Gasteiger partial charge in [0, 0.05) is 30.2 Å². The van der Waals surface area contributed by atoms with Crippen LogP contribution in [0.2, 0.25) is 0 Å². The van der Waals surface area contributed by atoms with Gasteiger partial charge in [-0.1, -0.05) is 54.6 Å². The maximum atomic E-state index is 13.0. The Hall–Kier alpha value is -4.50. The number of benzene rings is 2. The van der Waals surface area contributed by atoms with E-state index in [4.69, 9.17) is 4.42 Å². The zero-order valence-corrected chi connectivity index (χ0v) is 20.8. The number of Topliss-reactive ketones (excluding diaryl/α,β-unsaturated/α-hetero) is 1. The molecule has 4 aromatic rings. The molecule has 0 spiro atoms. The van der Waals surface area contributed by atoms with Gasteiger partial charge in [0.25, 0.3) is 5.91 Å². The number of carbonyl (C=O) groups excluding carboxylic acids is 2. The van der Waals surface area contributed by atoms with Gasteiger partial charge in [-0.3, -0.25) is 9.59 Å². The van der Waals surface area contributed by atoms with Crippen LogP contribution in [0.1, 0.15) is 52.2 Å². The Bertz CT molecular complexity index is 1540. The minimum atomic E-state index is -0.759. The van der Waals surface area contributed by atoms with Crippen LogP contribution < -0.4 is 5.32 Å². The molecule has 1 amide bonds. The number of ketones is 1. The molecule has 0 aliphatic carbocycles. The van der Waals surface area contributed by atoms with Crippen LogP contribution in [0.5, 0.6) is 0 Å². The van der Waals surface area contributed by atoms with E-state index in [9.17, 15) is 14.9 Å². The summed E-state index contributed by atoms with van der Waals surface area (Å²) in [5, 5.41) is 12.6. The third-order valence-electron chi connectivity index (χ3n) is 6.07. The maximum Gasteiger partial charge on any atom is 0.255 e. The van der Waals surface area contributed by atoms with Crippen LogP contribution in [0.15, 0.2) is 65.6 Å². The van der Waals surface area contributed by atoms with Crippen molar-refractivity contribution in [3.63, 3.8) is 0 Å². The quantitative estimate of drug-likeness (QED) is 0.303. The first-order valence-electron chi connectivity index (χ1n) is 11.6. The summed E-state index contributed by atoms with van der Waals surface area (Å²) < 4.78 is 6.11. The SMILES string of the molecule is C=Cc1nc2oc(-c3ccc(C)cc3)c(C(=O)NC)c2cc1-c1cccc(C(=O)CC(C)(C)C#N)c1. The Morgan fingerprint density at radius 2 is 1.86 bits per heavy atom. The van der Waals surface area contributed by atoms with Crippen LogP contribution in [0.3, 0.4) is 0 Å². The van der Waals surface area contributed by atoms with E-state index in [1.165, 1.54) is 0 Å². The molecule has 0 aliphatic heterocycles. The molecule has 0 bridgehead atoms. The molecule has 0 unspecified atom stereocenters. The number of hydrogen-bond acceptors (Lipinski definition) is 5. The van der Waals surface area contributed by atoms with E-state index in [2.05, 4.69) is 22.9 Å². The van der Waals surface area contributed by atoms with E-state index in [0.29, 0.717) is 39.2 Å². The van der Waals surface area contributed by atoms with Crippen molar-refractivity contribution in [3.8, 4) is 28.5 Å². The van der Waals surface area contributed by atoms with Gasteiger partial charge < -0.3 is 9.73 Å². The van der Waals surface area contributed by atoms with Gasteiger partial charge in [-0.15, -0.1) is 0 Å². The van der Waals surface area contributed by atoms with E-state index in [0.717, 1.165) is 16.7 Å². The number of amides is 1. The van der Waals surface area contributed by atoms with Crippen LogP contribution in [0.25, 0.3) is 39.6 Å². The standard InChI is InChI=1S/C30H27N3O3/c1-6-24-22(20-8-7-9-21(14-20)25(34)16-30(3,4)17-31)15-23-26(28(35)32-5)27(36-29(23)33-24)19-12-10-18(2)11-13-19/h6-15H,1,16H2,2-5H3,(H,32,35). The molecule has 2 aromatic carbocycles. The first-order valence-corrected chi connectivity index (χ1v) is 11.6. The normalized spacial score (nSPS) is 11.2. The number of fused-ring (bicyclic) bond motifs is 1. The molecule has 2 aromatic heterocycles. The zero-order chi connectivity index (χ0) is 26.0. The molecule has 6 heteroatoms. The molecular weight excluding hydrogens is 450 g/mol. The van der Waals surface area contributed by atoms with E-state index in [-0.39, 0.29) is 18.1 Å². The predicted molar refractivity (Wildman–Crippen MR) is 141 cm³/mol. The molecule has 0 radical (unpaired) electrons. The molecule has 0 fully saturated rings. The Kier molecular flexibility index (Phi) is 6.59. The second-order valence-corrected chi connectivity index (χ2v) is 9.41. The summed E-state index contributed by atoms with van der Waals surface area (Å²) in [4.78, 5) is 30.5. The van der Waals surface area contributed by atoms with Gasteiger partial charge in [0.2, 0.25) is 5.71 Å². The van der Waals surface area contributed by atoms with Gasteiger partial charge in [-0.05, 0) is 44.5 Å². The fraction of sp³-hybridized carbons (Fsp3) is 0.200. The van der Waals surface area contributed by atoms with Crippen LogP contribution in [0, 0.1) is 23.7 Å². The van der Waals surface area contributed by atoms with Gasteiger partial charge in [0.1, 0.15) is 5.76 Å². The lowest BCUT2D eigenvalue weighted by molar-refractivity contribution is 0.0948. The lowest BCUT2D eigenvalue weighted by atomic mass is 9.86. The average molecular weight is 478 g/mol. The summed E-state index contributed by atoms with van der Waals surface area (Å²) >= 11 is 0. The Morgan fingerprint density at radius 3 is 2.50 bits per heavy atom. The van der Waals surface area contributed by atoms with Gasteiger partial charge in [-0.2, -0.15) is 5.26 Å². The van der Waals surface area contributed by atoms with E-state index >= 15 is 0 Å². The summed E-state index contributed by atoms with van der Waals surface area (Å²) in [5.74, 6) is 0.0337. The highest BCUT2D eigenvalue weighted by atomic mass is 16.3. The summed E-state index contributed by atoms with van der Waals surface area (Å²) in [6, 6.07) is 19.0. The minimum Gasteiger partial charge on any atom is -0.437 e. The van der Waals surface area contributed by atoms with Crippen LogP contribution >= 0.6 is 0 Å². The van der Waals surface area contributed by atoms with Gasteiger partial charge >= 0.3 is 0 Å². The number of hydrogen-bond donors (Lipinski definition) is 1. The molecule has 0 atom stereocenters. The van der Waals surface area contributed by atoms with E-state index < -0.39 is 5.41 Å². The molecule has 1 N–H and O–H groups in total. The molecule has 2 heterocycles. The molecule has 0 aliphatic rings.